The number of nitrogens with zero attached hydrogens (tertiary/aromatic N) is 1. The van der Waals surface area contributed by atoms with Crippen LogP contribution in [0.25, 0.3) is 11.1 Å². The summed E-state index contributed by atoms with van der Waals surface area (Å²) in [5, 5.41) is 22.3. The van der Waals surface area contributed by atoms with Crippen LogP contribution in [0.1, 0.15) is 49.1 Å². The summed E-state index contributed by atoms with van der Waals surface area (Å²) in [7, 11) is 0. The standard InChI is InChI=1S/C27H30N2O6/c30-24(29-13-12-27(34,16-29)25(31)32)17-6-5-7-18(14-17)28-26(33)35-15-23-21-10-3-1-8-19(21)20-9-2-4-11-22(20)23/h1-4,8-11,17-18,23,34H,5-7,12-16H2,(H,28,33)(H,31,32)/t17-,18-,27?/m1/s1. The van der Waals surface area contributed by atoms with Crippen molar-refractivity contribution in [1.82, 2.24) is 10.2 Å². The Kier molecular flexibility index (Phi) is 6.23. The molecule has 1 saturated carbocycles. The Labute approximate surface area is 203 Å². The normalized spacial score (nSPS) is 25.6. The number of fused-ring (bicyclic) bond motifs is 3. The van der Waals surface area contributed by atoms with E-state index in [4.69, 9.17) is 4.74 Å². The van der Waals surface area contributed by atoms with Gasteiger partial charge in [-0.15, -0.1) is 0 Å². The number of ether oxygens (including phenoxy) is 1. The Bertz CT molecular complexity index is 1100. The maximum Gasteiger partial charge on any atom is 0.407 e. The smallest absolute Gasteiger partial charge is 0.407 e. The third-order valence-electron chi connectivity index (χ3n) is 7.65. The average molecular weight is 479 g/mol. The van der Waals surface area contributed by atoms with E-state index < -0.39 is 17.7 Å². The van der Waals surface area contributed by atoms with Gasteiger partial charge in [0.15, 0.2) is 5.60 Å². The molecule has 1 saturated heterocycles. The number of benzene rings is 2. The van der Waals surface area contributed by atoms with Crippen LogP contribution in [0.3, 0.4) is 0 Å². The number of carbonyl (C=O) groups is 3. The van der Waals surface area contributed by atoms with Crippen molar-refractivity contribution in [3.63, 3.8) is 0 Å². The van der Waals surface area contributed by atoms with Gasteiger partial charge in [0.25, 0.3) is 0 Å². The summed E-state index contributed by atoms with van der Waals surface area (Å²) in [6, 6.07) is 16.1. The highest BCUT2D eigenvalue weighted by Crippen LogP contribution is 2.44. The number of hydrogen-bond acceptors (Lipinski definition) is 5. The molecule has 2 aromatic rings. The molecule has 3 atom stereocenters. The van der Waals surface area contributed by atoms with Crippen molar-refractivity contribution in [2.75, 3.05) is 19.7 Å². The summed E-state index contributed by atoms with van der Waals surface area (Å²) < 4.78 is 5.65. The van der Waals surface area contributed by atoms with Crippen LogP contribution in [-0.4, -0.2) is 64.4 Å². The van der Waals surface area contributed by atoms with Gasteiger partial charge in [0.05, 0.1) is 6.54 Å². The third kappa shape index (κ3) is 4.50. The number of nitrogens with one attached hydrogen (secondary N) is 1. The van der Waals surface area contributed by atoms with Crippen molar-refractivity contribution < 1.29 is 29.3 Å². The van der Waals surface area contributed by atoms with Gasteiger partial charge in [-0.25, -0.2) is 9.59 Å². The lowest BCUT2D eigenvalue weighted by Gasteiger charge is -2.31. The Morgan fingerprint density at radius 2 is 1.69 bits per heavy atom. The van der Waals surface area contributed by atoms with Crippen molar-refractivity contribution in [2.45, 2.75) is 49.7 Å². The fraction of sp³-hybridized carbons (Fsp3) is 0.444. The van der Waals surface area contributed by atoms with Gasteiger partial charge in [0, 0.05) is 30.8 Å². The lowest BCUT2D eigenvalue weighted by Crippen LogP contribution is -2.46. The van der Waals surface area contributed by atoms with Crippen molar-refractivity contribution in [2.24, 2.45) is 5.92 Å². The number of amides is 2. The molecule has 0 spiro atoms. The minimum Gasteiger partial charge on any atom is -0.479 e. The first kappa shape index (κ1) is 23.4. The molecule has 0 bridgehead atoms. The number of likely N-dealkylation sites (tertiary alicyclic amines) is 1. The highest BCUT2D eigenvalue weighted by Gasteiger charge is 2.46. The molecule has 3 aliphatic rings. The Hall–Kier alpha value is -3.39. The number of rotatable bonds is 5. The highest BCUT2D eigenvalue weighted by molar-refractivity contribution is 5.83. The summed E-state index contributed by atoms with van der Waals surface area (Å²) in [5.74, 6) is -1.77. The first-order chi connectivity index (χ1) is 16.9. The van der Waals surface area contributed by atoms with Crippen LogP contribution in [0.2, 0.25) is 0 Å². The maximum absolute atomic E-state index is 13.0. The minimum atomic E-state index is -1.87. The molecule has 3 N–H and O–H groups in total. The van der Waals surface area contributed by atoms with Crippen LogP contribution in [0.15, 0.2) is 48.5 Å². The summed E-state index contributed by atoms with van der Waals surface area (Å²) in [6.07, 6.45) is 2.23. The van der Waals surface area contributed by atoms with E-state index in [0.717, 1.165) is 24.0 Å². The van der Waals surface area contributed by atoms with Crippen LogP contribution in [0.5, 0.6) is 0 Å². The second kappa shape index (κ2) is 9.34. The van der Waals surface area contributed by atoms with Gasteiger partial charge in [-0.3, -0.25) is 4.79 Å². The molecule has 1 heterocycles. The number of β-amino-alcohol motifs (C(OH)–C–C–N with tert-alkyl or cyclic N) is 1. The molecule has 0 radical (unpaired) electrons. The molecule has 0 aromatic heterocycles. The van der Waals surface area contributed by atoms with E-state index in [0.29, 0.717) is 12.8 Å². The van der Waals surface area contributed by atoms with Crippen LogP contribution >= 0.6 is 0 Å². The van der Waals surface area contributed by atoms with Crippen LogP contribution in [-0.2, 0) is 14.3 Å². The Morgan fingerprint density at radius 1 is 1.03 bits per heavy atom. The zero-order valence-electron chi connectivity index (χ0n) is 19.5. The Morgan fingerprint density at radius 3 is 2.31 bits per heavy atom. The number of carboxylic acid groups (broad SMARTS) is 1. The predicted octanol–water partition coefficient (Wildman–Crippen LogP) is 3.13. The average Bonchev–Trinajstić information content (AvgIpc) is 3.42. The van der Waals surface area contributed by atoms with Crippen LogP contribution < -0.4 is 5.32 Å². The second-order valence-corrected chi connectivity index (χ2v) is 9.88. The first-order valence-electron chi connectivity index (χ1n) is 12.2. The zero-order valence-corrected chi connectivity index (χ0v) is 19.5. The van der Waals surface area contributed by atoms with Gasteiger partial charge in [-0.1, -0.05) is 55.0 Å². The fourth-order valence-corrected chi connectivity index (χ4v) is 5.77. The molecule has 1 aliphatic heterocycles. The number of aliphatic hydroxyl groups is 1. The number of alkyl carbamates (subject to hydrolysis) is 1. The third-order valence-corrected chi connectivity index (χ3v) is 7.65. The summed E-state index contributed by atoms with van der Waals surface area (Å²) in [4.78, 5) is 38.3. The Balaban J connectivity index is 1.16. The molecule has 35 heavy (non-hydrogen) atoms. The number of carbonyl (C=O) groups excluding carboxylic acids is 2. The summed E-state index contributed by atoms with van der Waals surface area (Å²) in [6.45, 7) is 0.265. The SMILES string of the molecule is O=C(N[C@@H]1CCC[C@@H](C(=O)N2CCC(O)(C(=O)O)C2)C1)OCC1c2ccccc2-c2ccccc21. The summed E-state index contributed by atoms with van der Waals surface area (Å²) in [5.41, 5.74) is 2.77. The number of aliphatic carboxylic acids is 1. The molecular formula is C27H30N2O6. The topological polar surface area (TPSA) is 116 Å². The van der Waals surface area contributed by atoms with E-state index in [2.05, 4.69) is 29.6 Å². The maximum atomic E-state index is 13.0. The van der Waals surface area contributed by atoms with Gasteiger partial charge >= 0.3 is 12.1 Å². The van der Waals surface area contributed by atoms with E-state index in [9.17, 15) is 24.6 Å². The predicted molar refractivity (Wildman–Crippen MR) is 128 cm³/mol. The monoisotopic (exact) mass is 478 g/mol. The highest BCUT2D eigenvalue weighted by atomic mass is 16.5. The van der Waals surface area contributed by atoms with Crippen molar-refractivity contribution in [1.29, 1.82) is 0 Å². The molecular weight excluding hydrogens is 448 g/mol. The van der Waals surface area contributed by atoms with Gasteiger partial charge < -0.3 is 25.2 Å². The van der Waals surface area contributed by atoms with Crippen molar-refractivity contribution in [3.05, 3.63) is 59.7 Å². The molecule has 2 aromatic carbocycles. The van der Waals surface area contributed by atoms with Crippen LogP contribution in [0, 0.1) is 5.92 Å². The largest absolute Gasteiger partial charge is 0.479 e. The van der Waals surface area contributed by atoms with E-state index >= 15 is 0 Å². The van der Waals surface area contributed by atoms with Gasteiger partial charge in [-0.2, -0.15) is 0 Å². The lowest BCUT2D eigenvalue weighted by molar-refractivity contribution is -0.157. The molecule has 5 rings (SSSR count). The second-order valence-electron chi connectivity index (χ2n) is 9.88. The number of carboxylic acids is 1. The summed E-state index contributed by atoms with van der Waals surface area (Å²) >= 11 is 0. The first-order valence-corrected chi connectivity index (χ1v) is 12.2. The van der Waals surface area contributed by atoms with E-state index in [1.165, 1.54) is 16.0 Å². The molecule has 2 aliphatic carbocycles. The van der Waals surface area contributed by atoms with E-state index in [1.54, 1.807) is 0 Å². The fourth-order valence-electron chi connectivity index (χ4n) is 5.77. The zero-order chi connectivity index (χ0) is 24.6. The molecule has 184 valence electrons. The minimum absolute atomic E-state index is 0.0167. The molecule has 8 nitrogen and oxygen atoms in total. The van der Waals surface area contributed by atoms with Gasteiger partial charge in [0.1, 0.15) is 6.61 Å². The molecule has 2 fully saturated rings. The van der Waals surface area contributed by atoms with Crippen LogP contribution in [0.4, 0.5) is 4.79 Å². The number of hydrogen-bond donors (Lipinski definition) is 3. The molecule has 2 amide bonds. The van der Waals surface area contributed by atoms with Crippen molar-refractivity contribution in [3.8, 4) is 11.1 Å². The van der Waals surface area contributed by atoms with Gasteiger partial charge in [-0.05, 0) is 41.5 Å². The van der Waals surface area contributed by atoms with E-state index in [-0.39, 0.29) is 49.9 Å². The molecule has 1 unspecified atom stereocenters. The lowest BCUT2D eigenvalue weighted by atomic mass is 9.85. The van der Waals surface area contributed by atoms with Gasteiger partial charge in [0.2, 0.25) is 5.91 Å². The molecule has 8 heteroatoms. The van der Waals surface area contributed by atoms with Crippen molar-refractivity contribution >= 4 is 18.0 Å². The quantitative estimate of drug-likeness (QED) is 0.608. The van der Waals surface area contributed by atoms with E-state index in [1.807, 2.05) is 24.3 Å².